The third kappa shape index (κ3) is 3.16. The van der Waals surface area contributed by atoms with Gasteiger partial charge in [-0.2, -0.15) is 5.10 Å². The van der Waals surface area contributed by atoms with Crippen LogP contribution in [0.25, 0.3) is 0 Å². The Morgan fingerprint density at radius 2 is 1.91 bits per heavy atom. The van der Waals surface area contributed by atoms with Crippen LogP contribution in [0.4, 0.5) is 0 Å². The number of nitrogens with zero attached hydrogens (tertiary/aromatic N) is 1. The normalized spacial score (nSPS) is 12.6. The van der Waals surface area contributed by atoms with Crippen molar-refractivity contribution >= 4 is 35.3 Å². The Bertz CT molecular complexity index is 762. The topological polar surface area (TPSA) is 59.9 Å². The van der Waals surface area contributed by atoms with E-state index in [4.69, 9.17) is 32.7 Å². The summed E-state index contributed by atoms with van der Waals surface area (Å²) in [7, 11) is 0. The minimum atomic E-state index is -0.352. The second-order valence-electron chi connectivity index (χ2n) is 4.44. The van der Waals surface area contributed by atoms with E-state index in [-0.39, 0.29) is 12.7 Å². The zero-order chi connectivity index (χ0) is 15.5. The number of nitrogens with one attached hydrogen (secondary N) is 1. The minimum Gasteiger partial charge on any atom is -0.454 e. The van der Waals surface area contributed by atoms with Gasteiger partial charge in [0.2, 0.25) is 6.79 Å². The molecule has 1 aliphatic rings. The van der Waals surface area contributed by atoms with Gasteiger partial charge in [0.25, 0.3) is 5.91 Å². The molecule has 1 heterocycles. The number of amides is 1. The summed E-state index contributed by atoms with van der Waals surface area (Å²) < 4.78 is 10.4. The Kier molecular flexibility index (Phi) is 4.18. The Hall–Kier alpha value is -2.24. The number of hydrogen-bond donors (Lipinski definition) is 1. The average Bonchev–Trinajstić information content (AvgIpc) is 2.98. The maximum absolute atomic E-state index is 12.0. The highest BCUT2D eigenvalue weighted by Crippen LogP contribution is 2.32. The summed E-state index contributed by atoms with van der Waals surface area (Å²) in [5.41, 5.74) is 3.58. The fourth-order valence-electron chi connectivity index (χ4n) is 1.86. The minimum absolute atomic E-state index is 0.163. The summed E-state index contributed by atoms with van der Waals surface area (Å²) in [6.07, 6.45) is 1.48. The molecule has 0 aliphatic carbocycles. The van der Waals surface area contributed by atoms with E-state index in [0.29, 0.717) is 27.1 Å². The molecule has 2 aromatic carbocycles. The average molecular weight is 337 g/mol. The predicted octanol–water partition coefficient (Wildman–Crippen LogP) is 3.49. The summed E-state index contributed by atoms with van der Waals surface area (Å²) in [4.78, 5) is 12.0. The summed E-state index contributed by atoms with van der Waals surface area (Å²) in [6, 6.07) is 9.97. The van der Waals surface area contributed by atoms with Crippen LogP contribution in [0.3, 0.4) is 0 Å². The van der Waals surface area contributed by atoms with E-state index in [2.05, 4.69) is 10.5 Å². The number of hydrazone groups is 1. The predicted molar refractivity (Wildman–Crippen MR) is 84.1 cm³/mol. The first-order valence-electron chi connectivity index (χ1n) is 6.31. The lowest BCUT2D eigenvalue weighted by Gasteiger charge is -2.02. The van der Waals surface area contributed by atoms with Crippen LogP contribution in [0, 0.1) is 0 Å². The molecule has 7 heteroatoms. The van der Waals surface area contributed by atoms with Crippen LogP contribution in [0.1, 0.15) is 15.9 Å². The number of ether oxygens (including phenoxy) is 2. The molecule has 3 rings (SSSR count). The van der Waals surface area contributed by atoms with Crippen molar-refractivity contribution in [2.24, 2.45) is 5.10 Å². The van der Waals surface area contributed by atoms with Gasteiger partial charge in [-0.15, -0.1) is 0 Å². The molecule has 1 amide bonds. The summed E-state index contributed by atoms with van der Waals surface area (Å²) >= 11 is 11.7. The van der Waals surface area contributed by atoms with Gasteiger partial charge in [-0.05, 0) is 35.9 Å². The molecule has 22 heavy (non-hydrogen) atoms. The lowest BCUT2D eigenvalue weighted by molar-refractivity contribution is 0.0954. The van der Waals surface area contributed by atoms with E-state index in [1.165, 1.54) is 6.21 Å². The van der Waals surface area contributed by atoms with E-state index in [0.717, 1.165) is 5.56 Å². The quantitative estimate of drug-likeness (QED) is 0.689. The number of fused-ring (bicyclic) bond motifs is 1. The number of hydrogen-bond acceptors (Lipinski definition) is 4. The van der Waals surface area contributed by atoms with Crippen LogP contribution in [0.5, 0.6) is 11.5 Å². The van der Waals surface area contributed by atoms with Crippen molar-refractivity contribution in [3.63, 3.8) is 0 Å². The number of rotatable bonds is 3. The molecule has 0 unspecified atom stereocenters. The van der Waals surface area contributed by atoms with Crippen molar-refractivity contribution in [1.29, 1.82) is 0 Å². The highest BCUT2D eigenvalue weighted by Gasteiger charge is 2.15. The molecule has 112 valence electrons. The van der Waals surface area contributed by atoms with Gasteiger partial charge in [0.15, 0.2) is 11.5 Å². The number of carbonyl (C=O) groups is 1. The van der Waals surface area contributed by atoms with Gasteiger partial charge in [-0.25, -0.2) is 5.43 Å². The van der Waals surface area contributed by atoms with Gasteiger partial charge in [-0.1, -0.05) is 29.3 Å². The van der Waals surface area contributed by atoms with E-state index in [1.807, 2.05) is 0 Å². The Labute approximate surface area is 136 Å². The molecule has 0 radical (unpaired) electrons. The molecule has 0 spiro atoms. The van der Waals surface area contributed by atoms with Gasteiger partial charge in [0, 0.05) is 5.56 Å². The molecule has 0 saturated heterocycles. The van der Waals surface area contributed by atoms with E-state index in [1.54, 1.807) is 36.4 Å². The van der Waals surface area contributed by atoms with E-state index in [9.17, 15) is 4.79 Å². The second-order valence-corrected chi connectivity index (χ2v) is 5.26. The van der Waals surface area contributed by atoms with Crippen molar-refractivity contribution in [3.8, 4) is 11.5 Å². The highest BCUT2D eigenvalue weighted by atomic mass is 35.5. The molecule has 0 fully saturated rings. The fourth-order valence-corrected chi connectivity index (χ4v) is 2.17. The molecule has 0 bridgehead atoms. The van der Waals surface area contributed by atoms with Crippen LogP contribution in [-0.2, 0) is 0 Å². The molecular weight excluding hydrogens is 327 g/mol. The monoisotopic (exact) mass is 336 g/mol. The van der Waals surface area contributed by atoms with Crippen molar-refractivity contribution in [3.05, 3.63) is 57.6 Å². The van der Waals surface area contributed by atoms with Gasteiger partial charge in [0.05, 0.1) is 16.3 Å². The lowest BCUT2D eigenvalue weighted by atomic mass is 10.2. The van der Waals surface area contributed by atoms with Crippen LogP contribution >= 0.6 is 23.2 Å². The first kappa shape index (κ1) is 14.7. The first-order valence-corrected chi connectivity index (χ1v) is 7.07. The molecule has 5 nitrogen and oxygen atoms in total. The SMILES string of the molecule is O=C(N/N=C\c1ccc(Cl)c(Cl)c1)c1ccc2c(c1)OCO2. The van der Waals surface area contributed by atoms with Crippen molar-refractivity contribution in [2.75, 3.05) is 6.79 Å². The maximum Gasteiger partial charge on any atom is 0.271 e. The molecule has 1 aliphatic heterocycles. The maximum atomic E-state index is 12.0. The summed E-state index contributed by atoms with van der Waals surface area (Å²) in [5, 5.41) is 4.77. The summed E-state index contributed by atoms with van der Waals surface area (Å²) in [5.74, 6) is 0.812. The Morgan fingerprint density at radius 3 is 2.73 bits per heavy atom. The molecule has 0 atom stereocenters. The smallest absolute Gasteiger partial charge is 0.271 e. The number of carbonyl (C=O) groups excluding carboxylic acids is 1. The van der Waals surface area contributed by atoms with Crippen molar-refractivity contribution in [2.45, 2.75) is 0 Å². The van der Waals surface area contributed by atoms with Crippen molar-refractivity contribution < 1.29 is 14.3 Å². The number of benzene rings is 2. The van der Waals surface area contributed by atoms with Gasteiger partial charge < -0.3 is 9.47 Å². The van der Waals surface area contributed by atoms with Crippen LogP contribution in [0.15, 0.2) is 41.5 Å². The van der Waals surface area contributed by atoms with Crippen LogP contribution in [0.2, 0.25) is 10.0 Å². The van der Waals surface area contributed by atoms with Crippen LogP contribution in [-0.4, -0.2) is 18.9 Å². The number of halogens is 2. The third-order valence-corrected chi connectivity index (χ3v) is 3.70. The van der Waals surface area contributed by atoms with Gasteiger partial charge in [-0.3, -0.25) is 4.79 Å². The molecule has 2 aromatic rings. The Morgan fingerprint density at radius 1 is 1.09 bits per heavy atom. The zero-order valence-electron chi connectivity index (χ0n) is 11.2. The standard InChI is InChI=1S/C15H10Cl2N2O3/c16-11-3-1-9(5-12(11)17)7-18-19-15(20)10-2-4-13-14(6-10)22-8-21-13/h1-7H,8H2,(H,19,20)/b18-7-. The lowest BCUT2D eigenvalue weighted by Crippen LogP contribution is -2.17. The molecule has 0 aromatic heterocycles. The van der Waals surface area contributed by atoms with E-state index < -0.39 is 0 Å². The largest absolute Gasteiger partial charge is 0.454 e. The molecule has 0 saturated carbocycles. The first-order chi connectivity index (χ1) is 10.6. The third-order valence-electron chi connectivity index (χ3n) is 2.96. The summed E-state index contributed by atoms with van der Waals surface area (Å²) in [6.45, 7) is 0.163. The molecule has 1 N–H and O–H groups in total. The highest BCUT2D eigenvalue weighted by molar-refractivity contribution is 6.42. The van der Waals surface area contributed by atoms with Gasteiger partial charge in [0.1, 0.15) is 0 Å². The fraction of sp³-hybridized carbons (Fsp3) is 0.0667. The van der Waals surface area contributed by atoms with Gasteiger partial charge >= 0.3 is 0 Å². The molecular formula is C15H10Cl2N2O3. The van der Waals surface area contributed by atoms with Crippen molar-refractivity contribution in [1.82, 2.24) is 5.43 Å². The second kappa shape index (κ2) is 6.25. The van der Waals surface area contributed by atoms with E-state index >= 15 is 0 Å². The van der Waals surface area contributed by atoms with Crippen LogP contribution < -0.4 is 14.9 Å². The zero-order valence-corrected chi connectivity index (χ0v) is 12.7. The Balaban J connectivity index is 1.66.